The number of pyridine rings is 1. The summed E-state index contributed by atoms with van der Waals surface area (Å²) in [4.78, 5) is 20.0. The summed E-state index contributed by atoms with van der Waals surface area (Å²) in [5.41, 5.74) is 6.66. The third-order valence-electron chi connectivity index (χ3n) is 8.22. The molecule has 0 atom stereocenters. The number of hydrogen-bond donors (Lipinski definition) is 1. The molecule has 0 radical (unpaired) electrons. The summed E-state index contributed by atoms with van der Waals surface area (Å²) in [7, 11) is -0.839. The van der Waals surface area contributed by atoms with Gasteiger partial charge in [-0.2, -0.15) is 0 Å². The van der Waals surface area contributed by atoms with Crippen LogP contribution in [0.15, 0.2) is 36.5 Å². The first-order chi connectivity index (χ1) is 18.2. The Morgan fingerprint density at radius 3 is 2.31 bits per heavy atom. The number of halogens is 1. The van der Waals surface area contributed by atoms with E-state index in [-0.39, 0.29) is 11.5 Å². The maximum atomic E-state index is 15.6. The van der Waals surface area contributed by atoms with Gasteiger partial charge in [0.2, 0.25) is 0 Å². The number of aromatic nitrogens is 2. The predicted octanol–water partition coefficient (Wildman–Crippen LogP) is 5.01. The molecule has 2 fully saturated rings. The number of fused-ring (bicyclic) bond motifs is 1. The van der Waals surface area contributed by atoms with E-state index in [2.05, 4.69) is 9.88 Å². The Balaban J connectivity index is 1.40. The van der Waals surface area contributed by atoms with Crippen molar-refractivity contribution < 1.29 is 23.2 Å². The van der Waals surface area contributed by atoms with Crippen LogP contribution in [0.1, 0.15) is 67.0 Å². The van der Waals surface area contributed by atoms with Crippen molar-refractivity contribution in [2.24, 2.45) is 0 Å². The van der Waals surface area contributed by atoms with E-state index in [1.807, 2.05) is 60.6 Å². The van der Waals surface area contributed by atoms with E-state index < -0.39 is 30.2 Å². The lowest BCUT2D eigenvalue weighted by Crippen LogP contribution is -2.41. The third-order valence-corrected chi connectivity index (χ3v) is 8.22. The van der Waals surface area contributed by atoms with Crippen LogP contribution >= 0.6 is 0 Å². The lowest BCUT2D eigenvalue weighted by molar-refractivity contribution is 0.00578. The number of hydrogen-bond acceptors (Lipinski definition) is 7. The number of ether oxygens (including phenoxy) is 1. The molecule has 0 spiro atoms. The van der Waals surface area contributed by atoms with Gasteiger partial charge in [-0.3, -0.25) is 0 Å². The van der Waals surface area contributed by atoms with Crippen LogP contribution in [0, 0.1) is 5.82 Å². The summed E-state index contributed by atoms with van der Waals surface area (Å²) in [5.74, 6) is -0.00489. The van der Waals surface area contributed by atoms with Crippen molar-refractivity contribution >= 4 is 41.1 Å². The first-order valence-corrected chi connectivity index (χ1v) is 13.5. The molecular formula is C29H38BFN4O4. The Morgan fingerprint density at radius 2 is 1.74 bits per heavy atom. The van der Waals surface area contributed by atoms with E-state index in [0.29, 0.717) is 29.6 Å². The highest BCUT2D eigenvalue weighted by Gasteiger charge is 2.52. The number of carbonyl (C=O) groups excluding carboxylic acids is 1. The van der Waals surface area contributed by atoms with Gasteiger partial charge in [-0.15, -0.1) is 0 Å². The molecule has 4 heterocycles. The normalized spacial score (nSPS) is 19.6. The molecule has 2 aliphatic heterocycles. The Morgan fingerprint density at radius 1 is 1.10 bits per heavy atom. The monoisotopic (exact) mass is 536 g/mol. The minimum Gasteiger partial charge on any atom is -0.445 e. The fraction of sp³-hybridized carbons (Fsp3) is 0.517. The van der Waals surface area contributed by atoms with E-state index >= 15 is 4.39 Å². The molecule has 0 unspecified atom stereocenters. The van der Waals surface area contributed by atoms with Crippen LogP contribution in [0.25, 0.3) is 10.9 Å². The average molecular weight is 536 g/mol. The number of piperidine rings is 1. The number of nitrogens with two attached hydrogens (primary N) is 1. The van der Waals surface area contributed by atoms with E-state index in [1.54, 1.807) is 18.3 Å². The molecule has 2 aliphatic rings. The van der Waals surface area contributed by atoms with Gasteiger partial charge in [0.15, 0.2) is 0 Å². The number of nitrogen functional groups attached to an aromatic ring is 1. The molecule has 2 aromatic heterocycles. The maximum absolute atomic E-state index is 15.6. The van der Waals surface area contributed by atoms with E-state index in [0.717, 1.165) is 29.9 Å². The summed E-state index contributed by atoms with van der Waals surface area (Å²) in [6.07, 6.45) is 2.39. The van der Waals surface area contributed by atoms with E-state index in [1.165, 1.54) is 10.6 Å². The Bertz CT molecular complexity index is 1370. The van der Waals surface area contributed by atoms with Gasteiger partial charge < -0.3 is 24.7 Å². The van der Waals surface area contributed by atoms with Gasteiger partial charge >= 0.3 is 13.2 Å². The maximum Gasteiger partial charge on any atom is 0.497 e. The van der Waals surface area contributed by atoms with Gasteiger partial charge in [0.05, 0.1) is 28.6 Å². The van der Waals surface area contributed by atoms with Gasteiger partial charge in [-0.05, 0) is 52.0 Å². The highest BCUT2D eigenvalue weighted by molar-refractivity contribution is 6.62. The van der Waals surface area contributed by atoms with Crippen molar-refractivity contribution in [3.8, 4) is 0 Å². The molecule has 208 valence electrons. The molecular weight excluding hydrogens is 498 g/mol. The molecule has 0 saturated carbocycles. The smallest absolute Gasteiger partial charge is 0.445 e. The largest absolute Gasteiger partial charge is 0.497 e. The molecule has 39 heavy (non-hydrogen) atoms. The van der Waals surface area contributed by atoms with Gasteiger partial charge in [-0.25, -0.2) is 18.7 Å². The zero-order valence-electron chi connectivity index (χ0n) is 23.9. The Hall–Kier alpha value is -3.11. The molecule has 3 aromatic rings. The van der Waals surface area contributed by atoms with E-state index in [9.17, 15) is 4.79 Å². The number of carbonyl (C=O) groups is 1. The summed E-state index contributed by atoms with van der Waals surface area (Å²) in [6.45, 7) is 15.3. The second-order valence-corrected chi connectivity index (χ2v) is 12.6. The minimum atomic E-state index is -0.839. The number of nitrogens with zero attached hydrogens (tertiary/aromatic N) is 3. The predicted molar refractivity (Wildman–Crippen MR) is 152 cm³/mol. The van der Waals surface area contributed by atoms with Crippen LogP contribution in [0.4, 0.5) is 20.7 Å². The van der Waals surface area contributed by atoms with Crippen molar-refractivity contribution in [1.29, 1.82) is 0 Å². The molecule has 2 saturated heterocycles. The van der Waals surface area contributed by atoms with Crippen LogP contribution in [-0.2, 0) is 19.5 Å². The first kappa shape index (κ1) is 27.5. The van der Waals surface area contributed by atoms with Crippen LogP contribution in [0.5, 0.6) is 0 Å². The zero-order chi connectivity index (χ0) is 28.3. The van der Waals surface area contributed by atoms with Gasteiger partial charge in [0, 0.05) is 47.9 Å². The molecule has 0 bridgehead atoms. The van der Waals surface area contributed by atoms with Crippen molar-refractivity contribution in [2.45, 2.75) is 84.0 Å². The molecule has 8 nitrogen and oxygen atoms in total. The molecule has 1 aromatic carbocycles. The fourth-order valence-corrected chi connectivity index (χ4v) is 5.16. The fourth-order valence-electron chi connectivity index (χ4n) is 5.16. The van der Waals surface area contributed by atoms with Crippen molar-refractivity contribution in [3.05, 3.63) is 48.0 Å². The second-order valence-electron chi connectivity index (χ2n) is 12.6. The molecule has 0 amide bonds. The highest BCUT2D eigenvalue weighted by atomic mass is 19.1. The lowest BCUT2D eigenvalue weighted by atomic mass is 9.78. The number of benzene rings is 1. The lowest BCUT2D eigenvalue weighted by Gasteiger charge is -2.33. The zero-order valence-corrected chi connectivity index (χ0v) is 23.9. The van der Waals surface area contributed by atoms with Crippen LogP contribution in [0.2, 0.25) is 0 Å². The average Bonchev–Trinajstić information content (AvgIpc) is 3.32. The molecule has 0 aliphatic carbocycles. The summed E-state index contributed by atoms with van der Waals surface area (Å²) >= 11 is 0. The van der Waals surface area contributed by atoms with Crippen molar-refractivity contribution in [2.75, 3.05) is 23.7 Å². The van der Waals surface area contributed by atoms with Gasteiger partial charge in [0.25, 0.3) is 0 Å². The molecule has 10 heteroatoms. The van der Waals surface area contributed by atoms with Crippen LogP contribution < -0.4 is 16.1 Å². The van der Waals surface area contributed by atoms with Gasteiger partial charge in [0.1, 0.15) is 17.7 Å². The van der Waals surface area contributed by atoms with Crippen molar-refractivity contribution in [3.63, 3.8) is 0 Å². The quantitative estimate of drug-likeness (QED) is 0.471. The standard InChI is InChI=1S/C29H38BFN4O4/c1-27(2,3)24-15-18-14-21(30-38-28(4,5)29(6,7)39-30)22(31)16-23(18)35(24)26(36)37-20-10-12-34(13-11-20)19-8-9-25(32)33-17-19/h8-9,14-17,20H,10-13H2,1-7H3,(H2,32,33). The Labute approximate surface area is 229 Å². The second kappa shape index (κ2) is 9.52. The third kappa shape index (κ3) is 5.12. The van der Waals surface area contributed by atoms with Gasteiger partial charge in [-0.1, -0.05) is 26.8 Å². The molecule has 2 N–H and O–H groups in total. The summed E-state index contributed by atoms with van der Waals surface area (Å²) in [5, 5.41) is 0.730. The summed E-state index contributed by atoms with van der Waals surface area (Å²) < 4.78 is 35.3. The van der Waals surface area contributed by atoms with Crippen LogP contribution in [0.3, 0.4) is 0 Å². The number of rotatable bonds is 3. The molecule has 5 rings (SSSR count). The topological polar surface area (TPSA) is 91.8 Å². The minimum absolute atomic E-state index is 0.241. The summed E-state index contributed by atoms with van der Waals surface area (Å²) in [6, 6.07) is 8.78. The number of anilines is 2. The Kier molecular flexibility index (Phi) is 6.70. The van der Waals surface area contributed by atoms with Crippen molar-refractivity contribution in [1.82, 2.24) is 9.55 Å². The van der Waals surface area contributed by atoms with E-state index in [4.69, 9.17) is 19.8 Å². The first-order valence-electron chi connectivity index (χ1n) is 13.5. The van der Waals surface area contributed by atoms with Crippen LogP contribution in [-0.4, -0.2) is 53.2 Å². The SMILES string of the molecule is CC(C)(C)c1cc2cc(B3OC(C)(C)C(C)(C)O3)c(F)cc2n1C(=O)OC1CCN(c2ccc(N)nc2)CC1. The highest BCUT2D eigenvalue weighted by Crippen LogP contribution is 2.37.